The first-order valence-corrected chi connectivity index (χ1v) is 11.1. The Kier molecular flexibility index (Phi) is 5.78. The number of amides is 2. The zero-order valence-electron chi connectivity index (χ0n) is 18.1. The number of nitrogens with zero attached hydrogens (tertiary/aromatic N) is 2. The van der Waals surface area contributed by atoms with Crippen LogP contribution in [0.1, 0.15) is 29.5 Å². The molecule has 0 fully saturated rings. The van der Waals surface area contributed by atoms with E-state index < -0.39 is 6.10 Å². The van der Waals surface area contributed by atoms with Crippen LogP contribution in [0.5, 0.6) is 5.75 Å². The second-order valence-corrected chi connectivity index (χ2v) is 8.86. The molecule has 0 aliphatic carbocycles. The summed E-state index contributed by atoms with van der Waals surface area (Å²) >= 11 is 1.57. The quantitative estimate of drug-likeness (QED) is 0.620. The van der Waals surface area contributed by atoms with Crippen LogP contribution in [0.4, 0.5) is 11.4 Å². The molecule has 3 aromatic rings. The monoisotopic (exact) mass is 435 g/mol. The smallest absolute Gasteiger partial charge is 0.268 e. The topological polar surface area (TPSA) is 71.5 Å². The third kappa shape index (κ3) is 4.46. The second kappa shape index (κ2) is 8.51. The lowest BCUT2D eigenvalue weighted by molar-refractivity contribution is -0.128. The Morgan fingerprint density at radius 2 is 1.90 bits per heavy atom. The molecule has 1 aromatic heterocycles. The van der Waals surface area contributed by atoms with Gasteiger partial charge in [0.2, 0.25) is 5.91 Å². The van der Waals surface area contributed by atoms with Gasteiger partial charge in [-0.25, -0.2) is 4.98 Å². The predicted octanol–water partition coefficient (Wildman–Crippen LogP) is 4.88. The van der Waals surface area contributed by atoms with Crippen molar-refractivity contribution in [2.45, 2.75) is 40.2 Å². The van der Waals surface area contributed by atoms with Crippen LogP contribution in [0.15, 0.2) is 41.8 Å². The number of rotatable bonds is 5. The highest BCUT2D eigenvalue weighted by Gasteiger charge is 2.34. The normalized spacial score (nSPS) is 15.4. The number of hydrogen-bond donors (Lipinski definition) is 1. The average Bonchev–Trinajstić information content (AvgIpc) is 3.15. The van der Waals surface area contributed by atoms with Crippen LogP contribution in [0.2, 0.25) is 0 Å². The number of hydrogen-bond acceptors (Lipinski definition) is 5. The minimum atomic E-state index is -0.603. The Balaban J connectivity index is 1.64. The third-order valence-corrected chi connectivity index (χ3v) is 5.93. The van der Waals surface area contributed by atoms with Crippen LogP contribution in [0.25, 0.3) is 11.3 Å². The minimum absolute atomic E-state index is 0.0851. The van der Waals surface area contributed by atoms with Crippen LogP contribution >= 0.6 is 11.3 Å². The van der Waals surface area contributed by atoms with Gasteiger partial charge in [-0.1, -0.05) is 13.0 Å². The number of nitrogens with one attached hydrogen (secondary N) is 1. The van der Waals surface area contributed by atoms with E-state index in [4.69, 9.17) is 4.74 Å². The molecule has 1 aliphatic rings. The molecule has 1 N–H and O–H groups in total. The molecule has 6 nitrogen and oxygen atoms in total. The predicted molar refractivity (Wildman–Crippen MR) is 124 cm³/mol. The highest BCUT2D eigenvalue weighted by atomic mass is 32.1. The summed E-state index contributed by atoms with van der Waals surface area (Å²) in [6.07, 6.45) is -0.0746. The molecule has 0 saturated heterocycles. The van der Waals surface area contributed by atoms with Crippen molar-refractivity contribution >= 4 is 34.5 Å². The summed E-state index contributed by atoms with van der Waals surface area (Å²) in [5.41, 5.74) is 5.18. The van der Waals surface area contributed by atoms with Crippen molar-refractivity contribution in [2.24, 2.45) is 0 Å². The van der Waals surface area contributed by atoms with Crippen LogP contribution < -0.4 is 15.0 Å². The standard InChI is InChI=1S/C24H25N3O3S/c1-5-21-24(29)27(12-23(28)26-18-9-14(2)8-15(3)10-18)20-11-17(6-7-22(20)30-21)19-13-31-16(4)25-19/h6-11,13,21H,5,12H2,1-4H3,(H,26,28). The van der Waals surface area contributed by atoms with Crippen molar-refractivity contribution < 1.29 is 14.3 Å². The SMILES string of the molecule is CCC1Oc2ccc(-c3csc(C)n3)cc2N(CC(=O)Nc2cc(C)cc(C)c2)C1=O. The zero-order chi connectivity index (χ0) is 22.1. The van der Waals surface area contributed by atoms with Gasteiger partial charge in [0.1, 0.15) is 12.3 Å². The molecule has 1 atom stereocenters. The summed E-state index contributed by atoms with van der Waals surface area (Å²) in [5, 5.41) is 5.87. The fraction of sp³-hybridized carbons (Fsp3) is 0.292. The van der Waals surface area contributed by atoms with Crippen molar-refractivity contribution in [3.8, 4) is 17.0 Å². The summed E-state index contributed by atoms with van der Waals surface area (Å²) < 4.78 is 5.91. The maximum absolute atomic E-state index is 13.1. The molecule has 31 heavy (non-hydrogen) atoms. The number of thiazole rings is 1. The molecule has 1 unspecified atom stereocenters. The molecule has 2 heterocycles. The summed E-state index contributed by atoms with van der Waals surface area (Å²) in [4.78, 5) is 32.0. The summed E-state index contributed by atoms with van der Waals surface area (Å²) in [7, 11) is 0. The Morgan fingerprint density at radius 3 is 2.55 bits per heavy atom. The Bertz CT molecular complexity index is 1130. The largest absolute Gasteiger partial charge is 0.478 e. The van der Waals surface area contributed by atoms with Crippen molar-refractivity contribution in [1.82, 2.24) is 4.98 Å². The minimum Gasteiger partial charge on any atom is -0.478 e. The molecule has 160 valence electrons. The molecule has 2 amide bonds. The van der Waals surface area contributed by atoms with Gasteiger partial charge in [0.25, 0.3) is 5.91 Å². The van der Waals surface area contributed by atoms with Gasteiger partial charge in [0, 0.05) is 16.6 Å². The van der Waals surface area contributed by atoms with Gasteiger partial charge in [-0.3, -0.25) is 14.5 Å². The number of carbonyl (C=O) groups excluding carboxylic acids is 2. The lowest BCUT2D eigenvalue weighted by Gasteiger charge is -2.34. The van der Waals surface area contributed by atoms with Gasteiger partial charge in [0.15, 0.2) is 6.10 Å². The Hall–Kier alpha value is -3.19. The lowest BCUT2D eigenvalue weighted by atomic mass is 10.1. The maximum Gasteiger partial charge on any atom is 0.268 e. The fourth-order valence-electron chi connectivity index (χ4n) is 3.79. The van der Waals surface area contributed by atoms with Crippen LogP contribution in [0, 0.1) is 20.8 Å². The zero-order valence-corrected chi connectivity index (χ0v) is 18.9. The maximum atomic E-state index is 13.1. The number of anilines is 2. The molecule has 0 bridgehead atoms. The molecular weight excluding hydrogens is 410 g/mol. The second-order valence-electron chi connectivity index (χ2n) is 7.80. The van der Waals surface area contributed by atoms with E-state index in [9.17, 15) is 9.59 Å². The van der Waals surface area contributed by atoms with Gasteiger partial charge in [-0.05, 0) is 68.7 Å². The third-order valence-electron chi connectivity index (χ3n) is 5.15. The molecule has 0 saturated carbocycles. The highest BCUT2D eigenvalue weighted by molar-refractivity contribution is 7.09. The molecule has 1 aliphatic heterocycles. The number of carbonyl (C=O) groups is 2. The van der Waals surface area contributed by atoms with E-state index in [1.54, 1.807) is 11.3 Å². The van der Waals surface area contributed by atoms with E-state index in [-0.39, 0.29) is 18.4 Å². The van der Waals surface area contributed by atoms with Crippen molar-refractivity contribution in [3.05, 3.63) is 57.9 Å². The Labute approximate surface area is 185 Å². The molecule has 7 heteroatoms. The van der Waals surface area contributed by atoms with Gasteiger partial charge in [0.05, 0.1) is 16.4 Å². The highest BCUT2D eigenvalue weighted by Crippen LogP contribution is 2.38. The van der Waals surface area contributed by atoms with Gasteiger partial charge < -0.3 is 10.1 Å². The molecular formula is C24H25N3O3S. The number of benzene rings is 2. The summed E-state index contributed by atoms with van der Waals surface area (Å²) in [6, 6.07) is 11.5. The van der Waals surface area contributed by atoms with E-state index in [1.807, 2.05) is 69.5 Å². The Morgan fingerprint density at radius 1 is 1.16 bits per heavy atom. The first kappa shape index (κ1) is 21.1. The first-order valence-electron chi connectivity index (χ1n) is 10.3. The summed E-state index contributed by atoms with van der Waals surface area (Å²) in [6.45, 7) is 7.73. The molecule has 0 radical (unpaired) electrons. The van der Waals surface area contributed by atoms with E-state index in [2.05, 4.69) is 10.3 Å². The van der Waals surface area contributed by atoms with Gasteiger partial charge in [-0.15, -0.1) is 11.3 Å². The molecule has 2 aromatic carbocycles. The number of ether oxygens (including phenoxy) is 1. The number of aromatic nitrogens is 1. The van der Waals surface area contributed by atoms with Crippen LogP contribution in [0.3, 0.4) is 0 Å². The molecule has 4 rings (SSSR count). The van der Waals surface area contributed by atoms with Crippen molar-refractivity contribution in [3.63, 3.8) is 0 Å². The van der Waals surface area contributed by atoms with E-state index >= 15 is 0 Å². The van der Waals surface area contributed by atoms with E-state index in [1.165, 1.54) is 4.90 Å². The average molecular weight is 436 g/mol. The fourth-order valence-corrected chi connectivity index (χ4v) is 4.41. The van der Waals surface area contributed by atoms with Crippen molar-refractivity contribution in [1.29, 1.82) is 0 Å². The van der Waals surface area contributed by atoms with Gasteiger partial charge >= 0.3 is 0 Å². The van der Waals surface area contributed by atoms with Crippen LogP contribution in [-0.2, 0) is 9.59 Å². The van der Waals surface area contributed by atoms with E-state index in [0.29, 0.717) is 17.9 Å². The number of fused-ring (bicyclic) bond motifs is 1. The first-order chi connectivity index (χ1) is 14.8. The lowest BCUT2D eigenvalue weighted by Crippen LogP contribution is -2.48. The summed E-state index contributed by atoms with van der Waals surface area (Å²) in [5.74, 6) is 0.134. The van der Waals surface area contributed by atoms with Crippen LogP contribution in [-0.4, -0.2) is 29.4 Å². The molecule has 0 spiro atoms. The van der Waals surface area contributed by atoms with Gasteiger partial charge in [-0.2, -0.15) is 0 Å². The van der Waals surface area contributed by atoms with E-state index in [0.717, 1.165) is 33.1 Å². The number of aryl methyl sites for hydroxylation is 3. The van der Waals surface area contributed by atoms with Crippen molar-refractivity contribution in [2.75, 3.05) is 16.8 Å².